The highest BCUT2D eigenvalue weighted by Gasteiger charge is 2.14. The fraction of sp³-hybridized carbons (Fsp3) is 0.0625. The van der Waals surface area contributed by atoms with Crippen LogP contribution in [-0.2, 0) is 6.54 Å². The van der Waals surface area contributed by atoms with E-state index in [1.807, 2.05) is 0 Å². The summed E-state index contributed by atoms with van der Waals surface area (Å²) in [7, 11) is 0. The van der Waals surface area contributed by atoms with Gasteiger partial charge in [0.25, 0.3) is 11.5 Å². The summed E-state index contributed by atoms with van der Waals surface area (Å²) in [6.07, 6.45) is 1.50. The normalized spacial score (nSPS) is 10.9. The number of pyridine rings is 1. The average Bonchev–Trinajstić information content (AvgIpc) is 3.24. The maximum Gasteiger partial charge on any atom is 0.417 e. The SMILES string of the molecule is O=C(NCc1nc(-c2ccc[nH]c2=O)no1)c1ccc2[nH]c(=O)oc2c1. The van der Waals surface area contributed by atoms with Crippen LogP contribution >= 0.6 is 0 Å². The fourth-order valence-corrected chi connectivity index (χ4v) is 2.38. The lowest BCUT2D eigenvalue weighted by Gasteiger charge is -2.01. The van der Waals surface area contributed by atoms with Gasteiger partial charge in [-0.05, 0) is 30.3 Å². The molecule has 0 aliphatic heterocycles. The third kappa shape index (κ3) is 2.90. The summed E-state index contributed by atoms with van der Waals surface area (Å²) in [6.45, 7) is -0.0221. The van der Waals surface area contributed by atoms with Crippen molar-refractivity contribution in [2.24, 2.45) is 0 Å². The van der Waals surface area contributed by atoms with E-state index in [4.69, 9.17) is 8.94 Å². The van der Waals surface area contributed by atoms with Crippen molar-refractivity contribution in [2.45, 2.75) is 6.54 Å². The van der Waals surface area contributed by atoms with Crippen molar-refractivity contribution in [1.82, 2.24) is 25.4 Å². The van der Waals surface area contributed by atoms with E-state index in [2.05, 4.69) is 25.4 Å². The van der Waals surface area contributed by atoms with Crippen molar-refractivity contribution in [2.75, 3.05) is 0 Å². The second kappa shape index (κ2) is 6.16. The van der Waals surface area contributed by atoms with Crippen LogP contribution in [0.25, 0.3) is 22.5 Å². The maximum atomic E-state index is 12.2. The van der Waals surface area contributed by atoms with Gasteiger partial charge in [0.1, 0.15) is 0 Å². The Morgan fingerprint density at radius 1 is 1.23 bits per heavy atom. The Kier molecular flexibility index (Phi) is 3.69. The molecule has 0 aliphatic rings. The Balaban J connectivity index is 1.48. The van der Waals surface area contributed by atoms with Crippen molar-refractivity contribution >= 4 is 17.0 Å². The molecule has 1 aromatic carbocycles. The lowest BCUT2D eigenvalue weighted by Crippen LogP contribution is -2.22. The number of carbonyl (C=O) groups is 1. The first kappa shape index (κ1) is 15.6. The topological polar surface area (TPSA) is 147 Å². The molecule has 0 radical (unpaired) electrons. The van der Waals surface area contributed by atoms with E-state index in [1.165, 1.54) is 12.3 Å². The van der Waals surface area contributed by atoms with E-state index in [9.17, 15) is 14.4 Å². The summed E-state index contributed by atoms with van der Waals surface area (Å²) < 4.78 is 9.96. The van der Waals surface area contributed by atoms with Gasteiger partial charge in [0.05, 0.1) is 17.6 Å². The number of H-pyrrole nitrogens is 2. The highest BCUT2D eigenvalue weighted by Crippen LogP contribution is 2.13. The number of nitrogens with one attached hydrogen (secondary N) is 3. The van der Waals surface area contributed by atoms with E-state index in [0.29, 0.717) is 11.1 Å². The van der Waals surface area contributed by atoms with Crippen LogP contribution in [0.15, 0.2) is 55.1 Å². The van der Waals surface area contributed by atoms with Gasteiger partial charge in [-0.25, -0.2) is 4.79 Å². The lowest BCUT2D eigenvalue weighted by molar-refractivity contribution is 0.0946. The quantitative estimate of drug-likeness (QED) is 0.491. The molecule has 26 heavy (non-hydrogen) atoms. The molecule has 0 fully saturated rings. The molecule has 0 saturated carbocycles. The van der Waals surface area contributed by atoms with Crippen LogP contribution in [0.5, 0.6) is 0 Å². The van der Waals surface area contributed by atoms with E-state index in [0.717, 1.165) is 0 Å². The number of hydrogen-bond donors (Lipinski definition) is 3. The number of amides is 1. The van der Waals surface area contributed by atoms with Crippen LogP contribution in [0, 0.1) is 0 Å². The van der Waals surface area contributed by atoms with Gasteiger partial charge in [0, 0.05) is 11.8 Å². The lowest BCUT2D eigenvalue weighted by atomic mass is 10.2. The smallest absolute Gasteiger partial charge is 0.408 e. The molecule has 10 heteroatoms. The van der Waals surface area contributed by atoms with Crippen molar-refractivity contribution in [3.63, 3.8) is 0 Å². The van der Waals surface area contributed by atoms with E-state index in [1.54, 1.807) is 24.3 Å². The Hall–Kier alpha value is -3.95. The van der Waals surface area contributed by atoms with Gasteiger partial charge >= 0.3 is 5.76 Å². The van der Waals surface area contributed by atoms with Crippen molar-refractivity contribution in [3.8, 4) is 11.4 Å². The third-order valence-electron chi connectivity index (χ3n) is 3.61. The van der Waals surface area contributed by atoms with Gasteiger partial charge in [-0.3, -0.25) is 14.6 Å². The van der Waals surface area contributed by atoms with Crippen LogP contribution < -0.4 is 16.6 Å². The molecule has 0 aliphatic carbocycles. The molecule has 3 heterocycles. The number of aromatic amines is 2. The van der Waals surface area contributed by atoms with Crippen LogP contribution in [0.3, 0.4) is 0 Å². The van der Waals surface area contributed by atoms with Gasteiger partial charge in [0.2, 0.25) is 11.7 Å². The van der Waals surface area contributed by atoms with Gasteiger partial charge in [-0.1, -0.05) is 5.16 Å². The van der Waals surface area contributed by atoms with Crippen LogP contribution in [0.2, 0.25) is 0 Å². The first-order valence-corrected chi connectivity index (χ1v) is 7.52. The molecule has 0 saturated heterocycles. The third-order valence-corrected chi connectivity index (χ3v) is 3.61. The number of nitrogens with zero attached hydrogens (tertiary/aromatic N) is 2. The van der Waals surface area contributed by atoms with Gasteiger partial charge in [-0.2, -0.15) is 4.98 Å². The van der Waals surface area contributed by atoms with Gasteiger partial charge in [-0.15, -0.1) is 0 Å². The Bertz CT molecular complexity index is 1220. The summed E-state index contributed by atoms with van der Waals surface area (Å²) >= 11 is 0. The Labute approximate surface area is 143 Å². The zero-order valence-electron chi connectivity index (χ0n) is 13.1. The molecule has 3 aromatic heterocycles. The second-order valence-corrected chi connectivity index (χ2v) is 5.33. The summed E-state index contributed by atoms with van der Waals surface area (Å²) in [4.78, 5) is 44.2. The molecule has 1 amide bonds. The molecular formula is C16H11N5O5. The first-order valence-electron chi connectivity index (χ1n) is 7.52. The van der Waals surface area contributed by atoms with Crippen molar-refractivity contribution in [1.29, 1.82) is 0 Å². The minimum atomic E-state index is -0.591. The van der Waals surface area contributed by atoms with E-state index >= 15 is 0 Å². The van der Waals surface area contributed by atoms with Crippen molar-refractivity contribution < 1.29 is 13.7 Å². The number of rotatable bonds is 4. The summed E-state index contributed by atoms with van der Waals surface area (Å²) in [5.74, 6) is -0.725. The minimum absolute atomic E-state index is 0.0221. The minimum Gasteiger partial charge on any atom is -0.408 e. The fourth-order valence-electron chi connectivity index (χ4n) is 2.38. The molecule has 4 aromatic rings. The number of fused-ring (bicyclic) bond motifs is 1. The molecular weight excluding hydrogens is 342 g/mol. The molecule has 130 valence electrons. The number of hydrogen-bond acceptors (Lipinski definition) is 7. The Morgan fingerprint density at radius 2 is 2.12 bits per heavy atom. The molecule has 10 nitrogen and oxygen atoms in total. The first-order chi connectivity index (χ1) is 12.6. The van der Waals surface area contributed by atoms with Gasteiger partial charge < -0.3 is 19.2 Å². The Morgan fingerprint density at radius 3 is 2.96 bits per heavy atom. The molecule has 0 spiro atoms. The average molecular weight is 353 g/mol. The zero-order chi connectivity index (χ0) is 18.1. The largest absolute Gasteiger partial charge is 0.417 e. The summed E-state index contributed by atoms with van der Waals surface area (Å²) in [5.41, 5.74) is 1.01. The van der Waals surface area contributed by atoms with Crippen LogP contribution in [0.1, 0.15) is 16.2 Å². The number of benzene rings is 1. The second-order valence-electron chi connectivity index (χ2n) is 5.33. The monoisotopic (exact) mass is 353 g/mol. The highest BCUT2D eigenvalue weighted by molar-refractivity contribution is 5.96. The van der Waals surface area contributed by atoms with E-state index < -0.39 is 11.7 Å². The zero-order valence-corrected chi connectivity index (χ0v) is 13.1. The maximum absolute atomic E-state index is 12.2. The van der Waals surface area contributed by atoms with E-state index in [-0.39, 0.29) is 35.0 Å². The predicted molar refractivity (Wildman–Crippen MR) is 88.4 cm³/mol. The van der Waals surface area contributed by atoms with Crippen LogP contribution in [0.4, 0.5) is 0 Å². The highest BCUT2D eigenvalue weighted by atomic mass is 16.5. The van der Waals surface area contributed by atoms with Crippen LogP contribution in [-0.4, -0.2) is 26.0 Å². The molecule has 4 rings (SSSR count). The number of oxazole rings is 1. The standard InChI is InChI=1S/C16H11N5O5/c22-14(8-3-4-10-11(6-8)25-16(24)19-10)18-7-12-20-13(21-26-12)9-2-1-5-17-15(9)23/h1-6H,7H2,(H,17,23)(H,18,22)(H,19,24). The number of aromatic nitrogens is 4. The molecule has 0 unspecified atom stereocenters. The molecule has 3 N–H and O–H groups in total. The summed E-state index contributed by atoms with van der Waals surface area (Å²) in [5, 5.41) is 6.35. The van der Waals surface area contributed by atoms with Gasteiger partial charge in [0.15, 0.2) is 5.58 Å². The molecule has 0 bridgehead atoms. The molecule has 0 atom stereocenters. The van der Waals surface area contributed by atoms with Crippen molar-refractivity contribution in [3.05, 3.63) is 68.9 Å². The predicted octanol–water partition coefficient (Wildman–Crippen LogP) is 0.789. The summed E-state index contributed by atoms with van der Waals surface area (Å²) in [6, 6.07) is 7.77. The number of carbonyl (C=O) groups excluding carboxylic acids is 1.